The molecule has 0 bridgehead atoms. The topological polar surface area (TPSA) is 44.4 Å². The molecule has 0 spiro atoms. The van der Waals surface area contributed by atoms with Crippen LogP contribution in [-0.2, 0) is 4.79 Å². The van der Waals surface area contributed by atoms with Crippen LogP contribution in [0.4, 0.5) is 5.69 Å². The predicted molar refractivity (Wildman–Crippen MR) is 88.0 cm³/mol. The first kappa shape index (κ1) is 16.4. The van der Waals surface area contributed by atoms with Gasteiger partial charge in [0, 0.05) is 18.8 Å². The van der Waals surface area contributed by atoms with Crippen LogP contribution in [0.25, 0.3) is 0 Å². The van der Waals surface area contributed by atoms with Crippen molar-refractivity contribution in [3.8, 4) is 0 Å². The predicted octanol–water partition coefficient (Wildman–Crippen LogP) is 2.46. The fraction of sp³-hybridized carbons (Fsp3) is 0.467. The number of thiocarbonyl (C=S) groups is 1. The zero-order valence-corrected chi connectivity index (χ0v) is 13.6. The first-order chi connectivity index (χ1) is 9.29. The Hall–Kier alpha value is -1.62. The third-order valence-electron chi connectivity index (χ3n) is 2.81. The molecule has 0 atom stereocenters. The van der Waals surface area contributed by atoms with Crippen LogP contribution in [0.5, 0.6) is 0 Å². The highest BCUT2D eigenvalue weighted by atomic mass is 32.1. The SMILES string of the molecule is Cc1ccc(C)c(NC(=S)N(C)CC(=O)NC(C)C)c1. The zero-order chi connectivity index (χ0) is 15.3. The first-order valence-electron chi connectivity index (χ1n) is 6.68. The van der Waals surface area contributed by atoms with Crippen molar-refractivity contribution < 1.29 is 4.79 Å². The van der Waals surface area contributed by atoms with Gasteiger partial charge in [-0.05, 0) is 57.1 Å². The molecule has 0 aliphatic carbocycles. The van der Waals surface area contributed by atoms with Gasteiger partial charge in [-0.3, -0.25) is 4.79 Å². The van der Waals surface area contributed by atoms with Gasteiger partial charge in [0.25, 0.3) is 0 Å². The number of anilines is 1. The summed E-state index contributed by atoms with van der Waals surface area (Å²) in [6.45, 7) is 8.17. The third kappa shape index (κ3) is 5.17. The molecule has 1 amide bonds. The second kappa shape index (κ2) is 7.24. The standard InChI is InChI=1S/C15H23N3OS/c1-10(2)16-14(19)9-18(5)15(20)17-13-8-11(3)6-7-12(13)4/h6-8,10H,9H2,1-5H3,(H,16,19)(H,17,20). The molecule has 5 heteroatoms. The Labute approximate surface area is 126 Å². The van der Waals surface area contributed by atoms with Crippen LogP contribution in [0.3, 0.4) is 0 Å². The number of carbonyl (C=O) groups is 1. The highest BCUT2D eigenvalue weighted by molar-refractivity contribution is 7.80. The molecule has 4 nitrogen and oxygen atoms in total. The number of nitrogens with zero attached hydrogens (tertiary/aromatic N) is 1. The van der Waals surface area contributed by atoms with Gasteiger partial charge in [0.2, 0.25) is 5.91 Å². The molecule has 20 heavy (non-hydrogen) atoms. The number of benzene rings is 1. The van der Waals surface area contributed by atoms with Crippen molar-refractivity contribution in [3.63, 3.8) is 0 Å². The summed E-state index contributed by atoms with van der Waals surface area (Å²) in [6, 6.07) is 6.29. The number of hydrogen-bond donors (Lipinski definition) is 2. The van der Waals surface area contributed by atoms with E-state index in [1.54, 1.807) is 11.9 Å². The summed E-state index contributed by atoms with van der Waals surface area (Å²) in [7, 11) is 1.81. The first-order valence-corrected chi connectivity index (χ1v) is 7.09. The van der Waals surface area contributed by atoms with E-state index in [0.29, 0.717) is 5.11 Å². The van der Waals surface area contributed by atoms with E-state index in [-0.39, 0.29) is 18.5 Å². The molecular weight excluding hydrogens is 270 g/mol. The van der Waals surface area contributed by atoms with E-state index in [0.717, 1.165) is 11.3 Å². The molecule has 0 aliphatic rings. The molecule has 0 unspecified atom stereocenters. The van der Waals surface area contributed by atoms with Gasteiger partial charge in [-0.25, -0.2) is 0 Å². The van der Waals surface area contributed by atoms with Gasteiger partial charge in [-0.1, -0.05) is 12.1 Å². The monoisotopic (exact) mass is 293 g/mol. The zero-order valence-electron chi connectivity index (χ0n) is 12.8. The van der Waals surface area contributed by atoms with E-state index >= 15 is 0 Å². The minimum Gasteiger partial charge on any atom is -0.352 e. The van der Waals surface area contributed by atoms with E-state index in [2.05, 4.69) is 16.7 Å². The molecule has 2 N–H and O–H groups in total. The minimum absolute atomic E-state index is 0.0346. The molecule has 0 aliphatic heterocycles. The van der Waals surface area contributed by atoms with Crippen LogP contribution >= 0.6 is 12.2 Å². The lowest BCUT2D eigenvalue weighted by Gasteiger charge is -2.22. The van der Waals surface area contributed by atoms with Gasteiger partial charge >= 0.3 is 0 Å². The lowest BCUT2D eigenvalue weighted by molar-refractivity contribution is -0.121. The van der Waals surface area contributed by atoms with Crippen molar-refractivity contribution in [1.82, 2.24) is 10.2 Å². The van der Waals surface area contributed by atoms with E-state index in [4.69, 9.17) is 12.2 Å². The van der Waals surface area contributed by atoms with Crippen molar-refractivity contribution in [1.29, 1.82) is 0 Å². The van der Waals surface area contributed by atoms with Crippen molar-refractivity contribution >= 4 is 28.9 Å². The lowest BCUT2D eigenvalue weighted by atomic mass is 10.1. The van der Waals surface area contributed by atoms with Crippen LogP contribution in [0.2, 0.25) is 0 Å². The molecule has 0 aromatic heterocycles. The summed E-state index contributed by atoms with van der Waals surface area (Å²) in [5.41, 5.74) is 3.27. The van der Waals surface area contributed by atoms with E-state index < -0.39 is 0 Å². The van der Waals surface area contributed by atoms with Crippen LogP contribution in [0.15, 0.2) is 18.2 Å². The Morgan fingerprint density at radius 3 is 2.60 bits per heavy atom. The molecular formula is C15H23N3OS. The number of likely N-dealkylation sites (N-methyl/N-ethyl adjacent to an activating group) is 1. The second-order valence-corrected chi connectivity index (χ2v) is 5.71. The van der Waals surface area contributed by atoms with E-state index in [1.807, 2.05) is 39.8 Å². The average molecular weight is 293 g/mol. The minimum atomic E-state index is -0.0346. The molecule has 1 rings (SSSR count). The van der Waals surface area contributed by atoms with Gasteiger partial charge in [0.15, 0.2) is 5.11 Å². The largest absolute Gasteiger partial charge is 0.352 e. The van der Waals surface area contributed by atoms with Gasteiger partial charge < -0.3 is 15.5 Å². The Balaban J connectivity index is 2.62. The Bertz CT molecular complexity index is 500. The summed E-state index contributed by atoms with van der Waals surface area (Å²) in [4.78, 5) is 13.4. The Kier molecular flexibility index (Phi) is 5.95. The fourth-order valence-corrected chi connectivity index (χ4v) is 1.91. The second-order valence-electron chi connectivity index (χ2n) is 5.33. The highest BCUT2D eigenvalue weighted by Crippen LogP contribution is 2.16. The van der Waals surface area contributed by atoms with Crippen molar-refractivity contribution in [2.45, 2.75) is 33.7 Å². The molecule has 0 saturated carbocycles. The summed E-state index contributed by atoms with van der Waals surface area (Å²) in [6.07, 6.45) is 0. The third-order valence-corrected chi connectivity index (χ3v) is 3.23. The maximum Gasteiger partial charge on any atom is 0.239 e. The maximum atomic E-state index is 11.7. The number of aryl methyl sites for hydroxylation is 2. The number of rotatable bonds is 4. The van der Waals surface area contributed by atoms with Gasteiger partial charge in [-0.15, -0.1) is 0 Å². The molecule has 1 aromatic rings. The lowest BCUT2D eigenvalue weighted by Crippen LogP contribution is -2.42. The molecule has 0 heterocycles. The maximum absolute atomic E-state index is 11.7. The van der Waals surface area contributed by atoms with Crippen molar-refractivity contribution in [2.75, 3.05) is 18.9 Å². The number of carbonyl (C=O) groups excluding carboxylic acids is 1. The molecule has 0 fully saturated rings. The van der Waals surface area contributed by atoms with Gasteiger partial charge in [0.1, 0.15) is 0 Å². The quantitative estimate of drug-likeness (QED) is 0.837. The van der Waals surface area contributed by atoms with E-state index in [1.165, 1.54) is 5.56 Å². The van der Waals surface area contributed by atoms with Crippen LogP contribution in [0, 0.1) is 13.8 Å². The van der Waals surface area contributed by atoms with Gasteiger partial charge in [0.05, 0.1) is 6.54 Å². The molecule has 0 saturated heterocycles. The molecule has 110 valence electrons. The highest BCUT2D eigenvalue weighted by Gasteiger charge is 2.11. The number of nitrogens with one attached hydrogen (secondary N) is 2. The van der Waals surface area contributed by atoms with E-state index in [9.17, 15) is 4.79 Å². The number of amides is 1. The summed E-state index contributed by atoms with van der Waals surface area (Å²) >= 11 is 5.33. The van der Waals surface area contributed by atoms with Crippen molar-refractivity contribution in [3.05, 3.63) is 29.3 Å². The Morgan fingerprint density at radius 1 is 1.35 bits per heavy atom. The molecule has 0 radical (unpaired) electrons. The fourth-order valence-electron chi connectivity index (χ4n) is 1.74. The van der Waals surface area contributed by atoms with Crippen LogP contribution < -0.4 is 10.6 Å². The smallest absolute Gasteiger partial charge is 0.239 e. The van der Waals surface area contributed by atoms with Crippen LogP contribution in [0.1, 0.15) is 25.0 Å². The summed E-state index contributed by atoms with van der Waals surface area (Å²) < 4.78 is 0. The summed E-state index contributed by atoms with van der Waals surface area (Å²) in [5.74, 6) is -0.0346. The average Bonchev–Trinajstić information content (AvgIpc) is 2.32. The normalized spacial score (nSPS) is 10.3. The van der Waals surface area contributed by atoms with Crippen molar-refractivity contribution in [2.24, 2.45) is 0 Å². The number of hydrogen-bond acceptors (Lipinski definition) is 2. The molecule has 1 aromatic carbocycles. The van der Waals surface area contributed by atoms with Crippen LogP contribution in [-0.4, -0.2) is 35.6 Å². The Morgan fingerprint density at radius 2 is 2.00 bits per heavy atom. The van der Waals surface area contributed by atoms with Gasteiger partial charge in [-0.2, -0.15) is 0 Å². The summed E-state index contributed by atoms with van der Waals surface area (Å²) in [5, 5.41) is 6.57.